The molecule has 0 saturated carbocycles. The molecule has 2 atom stereocenters. The van der Waals surface area contributed by atoms with Crippen molar-refractivity contribution >= 4 is 22.4 Å². The number of hydrogen-bond donors (Lipinski definition) is 1. The highest BCUT2D eigenvalue weighted by atomic mass is 32.2. The minimum Gasteiger partial charge on any atom is -0.325 e. The zero-order valence-corrected chi connectivity index (χ0v) is 8.94. The van der Waals surface area contributed by atoms with Crippen LogP contribution in [0.1, 0.15) is 6.92 Å². The average molecular weight is 227 g/mol. The van der Waals surface area contributed by atoms with Gasteiger partial charge < -0.3 is 5.32 Å². The summed E-state index contributed by atoms with van der Waals surface area (Å²) in [5.41, 5.74) is 0.322. The smallest absolute Gasteiger partial charge is 0.228 e. The van der Waals surface area contributed by atoms with Gasteiger partial charge in [-0.1, -0.05) is 6.92 Å². The summed E-state index contributed by atoms with van der Waals surface area (Å²) in [6.45, 7) is 1.70. The molecule has 1 aromatic carbocycles. The van der Waals surface area contributed by atoms with E-state index in [9.17, 15) is 13.4 Å². The molecule has 3 nitrogen and oxygen atoms in total. The molecule has 0 saturated heterocycles. The van der Waals surface area contributed by atoms with E-state index in [4.69, 9.17) is 0 Å². The van der Waals surface area contributed by atoms with Crippen LogP contribution in [0.5, 0.6) is 0 Å². The predicted octanol–water partition coefficient (Wildman–Crippen LogP) is 1.52. The van der Waals surface area contributed by atoms with Crippen molar-refractivity contribution in [3.05, 3.63) is 24.0 Å². The van der Waals surface area contributed by atoms with E-state index in [0.717, 1.165) is 0 Å². The summed E-state index contributed by atoms with van der Waals surface area (Å²) in [7, 11) is -1.24. The van der Waals surface area contributed by atoms with Gasteiger partial charge in [-0.25, -0.2) is 4.39 Å². The number of rotatable bonds is 0. The Labute approximate surface area is 89.1 Å². The number of hydrogen-bond acceptors (Lipinski definition) is 2. The fraction of sp³-hybridized carbons (Fsp3) is 0.300. The Balaban J connectivity index is 2.51. The normalized spacial score (nSPS) is 25.3. The number of carbonyl (C=O) groups excluding carboxylic acids is 1. The zero-order valence-electron chi connectivity index (χ0n) is 8.12. The van der Waals surface area contributed by atoms with E-state index in [1.54, 1.807) is 6.92 Å². The van der Waals surface area contributed by atoms with Crippen molar-refractivity contribution in [1.29, 1.82) is 0 Å². The van der Waals surface area contributed by atoms with Crippen molar-refractivity contribution in [2.75, 3.05) is 11.1 Å². The van der Waals surface area contributed by atoms with E-state index >= 15 is 0 Å². The maximum absolute atomic E-state index is 12.9. The maximum atomic E-state index is 12.9. The molecule has 5 heteroatoms. The second-order valence-corrected chi connectivity index (χ2v) is 5.01. The molecule has 1 amide bonds. The Bertz CT molecular complexity index is 447. The van der Waals surface area contributed by atoms with E-state index in [1.165, 1.54) is 18.2 Å². The molecule has 1 aliphatic rings. The third-order valence-corrected chi connectivity index (χ3v) is 3.94. The van der Waals surface area contributed by atoms with Crippen molar-refractivity contribution < 1.29 is 13.4 Å². The SMILES string of the molecule is CC1CS(=O)c2ccc(F)cc2NC1=O. The molecule has 2 rings (SSSR count). The molecule has 0 fully saturated rings. The largest absolute Gasteiger partial charge is 0.325 e. The molecule has 1 heterocycles. The van der Waals surface area contributed by atoms with Crippen LogP contribution in [-0.4, -0.2) is 15.9 Å². The monoisotopic (exact) mass is 227 g/mol. The summed E-state index contributed by atoms with van der Waals surface area (Å²) < 4.78 is 24.7. The van der Waals surface area contributed by atoms with E-state index in [-0.39, 0.29) is 17.6 Å². The number of fused-ring (bicyclic) bond motifs is 1. The summed E-state index contributed by atoms with van der Waals surface area (Å²) in [6, 6.07) is 3.90. The first-order valence-corrected chi connectivity index (χ1v) is 5.88. The van der Waals surface area contributed by atoms with Crippen LogP contribution in [0.25, 0.3) is 0 Å². The molecule has 80 valence electrons. The molecule has 15 heavy (non-hydrogen) atoms. The van der Waals surface area contributed by atoms with E-state index < -0.39 is 16.6 Å². The lowest BCUT2D eigenvalue weighted by Gasteiger charge is -2.05. The van der Waals surface area contributed by atoms with Crippen molar-refractivity contribution in [2.24, 2.45) is 5.92 Å². The summed E-state index contributed by atoms with van der Waals surface area (Å²) in [5, 5.41) is 2.57. The first-order valence-electron chi connectivity index (χ1n) is 4.56. The molecule has 2 unspecified atom stereocenters. The lowest BCUT2D eigenvalue weighted by atomic mass is 10.2. The second kappa shape index (κ2) is 3.73. The van der Waals surface area contributed by atoms with Crippen LogP contribution in [0.15, 0.2) is 23.1 Å². The minimum absolute atomic E-state index is 0.215. The number of nitrogens with one attached hydrogen (secondary N) is 1. The predicted molar refractivity (Wildman–Crippen MR) is 55.5 cm³/mol. The topological polar surface area (TPSA) is 46.2 Å². The standard InChI is InChI=1S/C10H10FNO2S/c1-6-5-15(14)9-3-2-7(11)4-8(9)12-10(6)13/h2-4,6H,5H2,1H3,(H,12,13). The molecule has 1 aliphatic heterocycles. The van der Waals surface area contributed by atoms with Gasteiger partial charge in [0.05, 0.1) is 21.4 Å². The van der Waals surface area contributed by atoms with Crippen LogP contribution in [0.4, 0.5) is 10.1 Å². The molecule has 1 aromatic rings. The van der Waals surface area contributed by atoms with Gasteiger partial charge in [-0.05, 0) is 18.2 Å². The Morgan fingerprint density at radius 3 is 3.00 bits per heavy atom. The fourth-order valence-electron chi connectivity index (χ4n) is 1.45. The van der Waals surface area contributed by atoms with Crippen molar-refractivity contribution in [2.45, 2.75) is 11.8 Å². The van der Waals surface area contributed by atoms with E-state index in [2.05, 4.69) is 5.32 Å². The van der Waals surface area contributed by atoms with E-state index in [0.29, 0.717) is 10.6 Å². The summed E-state index contributed by atoms with van der Waals surface area (Å²) in [6.07, 6.45) is 0. The fourth-order valence-corrected chi connectivity index (χ4v) is 2.81. The van der Waals surface area contributed by atoms with Crippen molar-refractivity contribution in [1.82, 2.24) is 0 Å². The number of anilines is 1. The Kier molecular flexibility index (Phi) is 2.56. The molecule has 0 bridgehead atoms. The molecular weight excluding hydrogens is 217 g/mol. The Morgan fingerprint density at radius 2 is 2.27 bits per heavy atom. The molecule has 0 spiro atoms. The Hall–Kier alpha value is -1.23. The third-order valence-electron chi connectivity index (χ3n) is 2.29. The van der Waals surface area contributed by atoms with E-state index in [1.807, 2.05) is 0 Å². The van der Waals surface area contributed by atoms with Gasteiger partial charge in [0.2, 0.25) is 5.91 Å². The van der Waals surface area contributed by atoms with Gasteiger partial charge in [0, 0.05) is 11.7 Å². The average Bonchev–Trinajstić information content (AvgIpc) is 2.25. The van der Waals surface area contributed by atoms with Gasteiger partial charge in [0.15, 0.2) is 0 Å². The highest BCUT2D eigenvalue weighted by Crippen LogP contribution is 2.25. The third kappa shape index (κ3) is 1.92. The van der Waals surface area contributed by atoms with Crippen LogP contribution in [0.2, 0.25) is 0 Å². The highest BCUT2D eigenvalue weighted by Gasteiger charge is 2.24. The van der Waals surface area contributed by atoms with Gasteiger partial charge >= 0.3 is 0 Å². The second-order valence-electron chi connectivity index (χ2n) is 3.54. The quantitative estimate of drug-likeness (QED) is 0.730. The van der Waals surface area contributed by atoms with Crippen LogP contribution >= 0.6 is 0 Å². The van der Waals surface area contributed by atoms with Crippen LogP contribution in [0.3, 0.4) is 0 Å². The molecule has 0 aromatic heterocycles. The number of benzene rings is 1. The minimum atomic E-state index is -1.24. The van der Waals surface area contributed by atoms with Gasteiger partial charge in [0.25, 0.3) is 0 Å². The molecule has 0 aliphatic carbocycles. The molecule has 1 N–H and O–H groups in total. The van der Waals surface area contributed by atoms with Crippen LogP contribution < -0.4 is 5.32 Å². The number of amides is 1. The first-order chi connectivity index (χ1) is 7.08. The van der Waals surface area contributed by atoms with Gasteiger partial charge in [-0.15, -0.1) is 0 Å². The summed E-state index contributed by atoms with van der Waals surface area (Å²) in [5.74, 6) is -0.695. The number of carbonyl (C=O) groups is 1. The van der Waals surface area contributed by atoms with Crippen LogP contribution in [0, 0.1) is 11.7 Å². The lowest BCUT2D eigenvalue weighted by molar-refractivity contribution is -0.118. The molecule has 0 radical (unpaired) electrons. The first kappa shape index (κ1) is 10.3. The molecular formula is C10H10FNO2S. The summed E-state index contributed by atoms with van der Waals surface area (Å²) in [4.78, 5) is 12.0. The lowest BCUT2D eigenvalue weighted by Crippen LogP contribution is -2.21. The van der Waals surface area contributed by atoms with Crippen molar-refractivity contribution in [3.8, 4) is 0 Å². The zero-order chi connectivity index (χ0) is 11.0. The Morgan fingerprint density at radius 1 is 1.53 bits per heavy atom. The van der Waals surface area contributed by atoms with Gasteiger partial charge in [0.1, 0.15) is 5.82 Å². The van der Waals surface area contributed by atoms with Gasteiger partial charge in [-0.2, -0.15) is 0 Å². The van der Waals surface area contributed by atoms with Crippen molar-refractivity contribution in [3.63, 3.8) is 0 Å². The summed E-state index contributed by atoms with van der Waals surface area (Å²) >= 11 is 0. The highest BCUT2D eigenvalue weighted by molar-refractivity contribution is 7.85. The van der Waals surface area contributed by atoms with Crippen LogP contribution in [-0.2, 0) is 15.6 Å². The maximum Gasteiger partial charge on any atom is 0.228 e. The number of halogens is 1. The van der Waals surface area contributed by atoms with Gasteiger partial charge in [-0.3, -0.25) is 9.00 Å².